The van der Waals surface area contributed by atoms with Gasteiger partial charge in [-0.1, -0.05) is 36.3 Å². The van der Waals surface area contributed by atoms with E-state index in [2.05, 4.69) is 5.32 Å². The molecule has 3 N–H and O–H groups in total. The molecular formula is C20H15NO4. The number of hydrogen-bond donors (Lipinski definition) is 3. The third-order valence-corrected chi connectivity index (χ3v) is 3.65. The number of nitrogens with one attached hydrogen (secondary N) is 1. The lowest BCUT2D eigenvalue weighted by atomic mass is 9.84. The summed E-state index contributed by atoms with van der Waals surface area (Å²) in [4.78, 5) is 13.6. The Morgan fingerprint density at radius 3 is 1.96 bits per heavy atom. The molecule has 0 fully saturated rings. The zero-order chi connectivity index (χ0) is 24.4. The van der Waals surface area contributed by atoms with Crippen molar-refractivity contribution in [2.45, 2.75) is 5.60 Å². The van der Waals surface area contributed by atoms with Gasteiger partial charge in [-0.3, -0.25) is 4.79 Å². The Bertz CT molecular complexity index is 1230. The van der Waals surface area contributed by atoms with Crippen LogP contribution in [0.15, 0.2) is 72.6 Å². The summed E-state index contributed by atoms with van der Waals surface area (Å²) in [5, 5.41) is 22.5. The summed E-state index contributed by atoms with van der Waals surface area (Å²) in [6, 6.07) is -1.08. The third kappa shape index (κ3) is 2.37. The lowest BCUT2D eigenvalue weighted by molar-refractivity contribution is -0.129. The number of carbonyl (C=O) groups is 1. The maximum absolute atomic E-state index is 13.6. The van der Waals surface area contributed by atoms with E-state index >= 15 is 0 Å². The number of aromatic hydroxyl groups is 2. The number of fused-ring (bicyclic) bond motifs is 1. The average molecular weight is 341 g/mol. The van der Waals surface area contributed by atoms with Crippen molar-refractivity contribution in [1.29, 1.82) is 0 Å². The molecule has 0 aromatic heterocycles. The van der Waals surface area contributed by atoms with E-state index in [1.54, 1.807) is 12.1 Å². The minimum Gasteiger partial charge on any atom is -0.508 e. The van der Waals surface area contributed by atoms with Crippen molar-refractivity contribution in [3.8, 4) is 17.2 Å². The number of benzene rings is 3. The maximum Gasteiger partial charge on any atom is 0.278 e. The smallest absolute Gasteiger partial charge is 0.278 e. The topological polar surface area (TPSA) is 78.8 Å². The molecule has 0 atom stereocenters. The summed E-state index contributed by atoms with van der Waals surface area (Å²) in [6.07, 6.45) is 0. The Morgan fingerprint density at radius 2 is 1.40 bits per heavy atom. The van der Waals surface area contributed by atoms with Gasteiger partial charge in [0.2, 0.25) is 5.60 Å². The minimum absolute atomic E-state index is 0.00743. The summed E-state index contributed by atoms with van der Waals surface area (Å²) >= 11 is 0. The first-order valence-corrected chi connectivity index (χ1v) is 7.14. The number of hydrogen-bond acceptors (Lipinski definition) is 4. The quantitative estimate of drug-likeness (QED) is 0.668. The van der Waals surface area contributed by atoms with Gasteiger partial charge in [0.05, 0.1) is 16.7 Å². The summed E-state index contributed by atoms with van der Waals surface area (Å²) in [7, 11) is 0. The van der Waals surface area contributed by atoms with Crippen LogP contribution in [0.5, 0.6) is 17.2 Å². The van der Waals surface area contributed by atoms with Crippen molar-refractivity contribution >= 4 is 11.6 Å². The van der Waals surface area contributed by atoms with E-state index in [0.717, 1.165) is 0 Å². The molecule has 3 aromatic rings. The highest BCUT2D eigenvalue weighted by Gasteiger charge is 2.48. The van der Waals surface area contributed by atoms with Gasteiger partial charge >= 0.3 is 0 Å². The van der Waals surface area contributed by atoms with Crippen LogP contribution in [-0.2, 0) is 10.4 Å². The van der Waals surface area contributed by atoms with Gasteiger partial charge in [0, 0.05) is 11.1 Å². The molecule has 3 aromatic carbocycles. The van der Waals surface area contributed by atoms with Gasteiger partial charge in [-0.15, -0.1) is 0 Å². The number of amides is 1. The second-order valence-electron chi connectivity index (χ2n) is 5.18. The fraction of sp³-hybridized carbons (Fsp3) is 0.0500. The van der Waals surface area contributed by atoms with E-state index < -0.39 is 82.5 Å². The van der Waals surface area contributed by atoms with Crippen molar-refractivity contribution in [3.05, 3.63) is 83.7 Å². The number of anilines is 1. The first-order chi connectivity index (χ1) is 15.4. The molecule has 5 heteroatoms. The summed E-state index contributed by atoms with van der Waals surface area (Å²) < 4.78 is 71.4. The number of rotatable bonds is 2. The van der Waals surface area contributed by atoms with Crippen LogP contribution in [0.2, 0.25) is 0 Å². The normalized spacial score (nSPS) is 19.4. The van der Waals surface area contributed by atoms with Crippen LogP contribution < -0.4 is 10.1 Å². The van der Waals surface area contributed by atoms with Gasteiger partial charge in [0.25, 0.3) is 5.91 Å². The lowest BCUT2D eigenvalue weighted by Crippen LogP contribution is -2.49. The Morgan fingerprint density at radius 1 is 0.880 bits per heavy atom. The van der Waals surface area contributed by atoms with E-state index in [-0.39, 0.29) is 11.4 Å². The predicted molar refractivity (Wildman–Crippen MR) is 92.7 cm³/mol. The van der Waals surface area contributed by atoms with E-state index in [1.165, 1.54) is 12.1 Å². The average Bonchev–Trinajstić information content (AvgIpc) is 2.79. The SMILES string of the molecule is [2H]c1c([2H])c(C2(c3c([2H])c([2H])c(O)c([2H])c3[2H])Oc3ccccc3NC2=O)c([2H])c([2H])c1O. The van der Waals surface area contributed by atoms with Crippen molar-refractivity contribution in [2.75, 3.05) is 5.32 Å². The molecule has 1 amide bonds. The van der Waals surface area contributed by atoms with Crippen LogP contribution in [0.1, 0.15) is 22.1 Å². The molecule has 0 aliphatic carbocycles. The molecule has 1 heterocycles. The zero-order valence-electron chi connectivity index (χ0n) is 20.5. The van der Waals surface area contributed by atoms with Crippen LogP contribution in [-0.4, -0.2) is 16.1 Å². The van der Waals surface area contributed by atoms with E-state index in [1.807, 2.05) is 0 Å². The lowest BCUT2D eigenvalue weighted by Gasteiger charge is -2.38. The van der Waals surface area contributed by atoms with Gasteiger partial charge < -0.3 is 20.3 Å². The van der Waals surface area contributed by atoms with Crippen molar-refractivity contribution in [3.63, 3.8) is 0 Å². The molecule has 1 aliphatic rings. The molecule has 0 saturated heterocycles. The largest absolute Gasteiger partial charge is 0.508 e. The molecule has 124 valence electrons. The second-order valence-corrected chi connectivity index (χ2v) is 5.18. The molecule has 4 rings (SSSR count). The first kappa shape index (κ1) is 8.58. The highest BCUT2D eigenvalue weighted by atomic mass is 16.5. The number of carbonyl (C=O) groups excluding carboxylic acids is 1. The van der Waals surface area contributed by atoms with Crippen LogP contribution in [0.25, 0.3) is 0 Å². The van der Waals surface area contributed by atoms with Crippen LogP contribution in [0.4, 0.5) is 5.69 Å². The number of phenolic OH excluding ortho intramolecular Hbond substituents is 2. The second kappa shape index (κ2) is 5.56. The molecule has 0 saturated carbocycles. The summed E-state index contributed by atoms with van der Waals surface area (Å²) in [5.74, 6) is -3.08. The molecule has 0 radical (unpaired) electrons. The monoisotopic (exact) mass is 341 g/mol. The molecule has 1 aliphatic heterocycles. The minimum atomic E-state index is -2.73. The highest BCUT2D eigenvalue weighted by molar-refractivity contribution is 6.03. The van der Waals surface area contributed by atoms with E-state index in [0.29, 0.717) is 0 Å². The summed E-state index contributed by atoms with van der Waals surface area (Å²) in [6.45, 7) is 0. The fourth-order valence-corrected chi connectivity index (χ4v) is 2.50. The van der Waals surface area contributed by atoms with Crippen molar-refractivity contribution < 1.29 is 30.7 Å². The van der Waals surface area contributed by atoms with E-state index in [4.69, 9.17) is 15.7 Å². The van der Waals surface area contributed by atoms with Crippen LogP contribution >= 0.6 is 0 Å². The fourth-order valence-electron chi connectivity index (χ4n) is 2.50. The number of phenols is 2. The third-order valence-electron chi connectivity index (χ3n) is 3.65. The molecule has 5 nitrogen and oxygen atoms in total. The first-order valence-electron chi connectivity index (χ1n) is 11.1. The van der Waals surface area contributed by atoms with Crippen molar-refractivity contribution in [1.82, 2.24) is 0 Å². The Balaban J connectivity index is 2.24. The zero-order valence-corrected chi connectivity index (χ0v) is 12.5. The predicted octanol–water partition coefficient (Wildman–Crippen LogP) is 3.37. The van der Waals surface area contributed by atoms with Crippen molar-refractivity contribution in [2.24, 2.45) is 0 Å². The van der Waals surface area contributed by atoms with Gasteiger partial charge in [-0.05, 0) is 36.3 Å². The molecule has 25 heavy (non-hydrogen) atoms. The van der Waals surface area contributed by atoms with Gasteiger partial charge in [-0.25, -0.2) is 0 Å². The summed E-state index contributed by atoms with van der Waals surface area (Å²) in [5.41, 5.74) is -4.00. The highest BCUT2D eigenvalue weighted by Crippen LogP contribution is 2.43. The Hall–Kier alpha value is -3.47. The number of ether oxygens (including phenoxy) is 1. The van der Waals surface area contributed by atoms with Crippen LogP contribution in [0, 0.1) is 0 Å². The van der Waals surface area contributed by atoms with Gasteiger partial charge in [0.1, 0.15) is 17.2 Å². The standard InChI is InChI=1S/C20H15NO4/c22-15-9-5-13(6-10-15)20(14-7-11-16(23)12-8-14)19(24)21-17-3-1-2-4-18(17)25-20/h1-12,22-23H,(H,21,24)/i5D,6D,7D,8D,9D,10D,11D,12D. The Labute approximate surface area is 155 Å². The number of para-hydroxylation sites is 2. The van der Waals surface area contributed by atoms with Gasteiger partial charge in [0.15, 0.2) is 0 Å². The molecule has 0 unspecified atom stereocenters. The van der Waals surface area contributed by atoms with E-state index in [9.17, 15) is 15.0 Å². The molecule has 0 spiro atoms. The molecular weight excluding hydrogens is 318 g/mol. The van der Waals surface area contributed by atoms with Gasteiger partial charge in [-0.2, -0.15) is 0 Å². The van der Waals surface area contributed by atoms with Crippen LogP contribution in [0.3, 0.4) is 0 Å². The maximum atomic E-state index is 13.6. The Kier molecular flexibility index (Phi) is 1.91. The molecule has 0 bridgehead atoms.